The molecule has 2 amide bonds. The highest BCUT2D eigenvalue weighted by atomic mass is 16.5. The summed E-state index contributed by atoms with van der Waals surface area (Å²) in [7, 11) is 1.60. The molecule has 2 aromatic rings. The van der Waals surface area contributed by atoms with Gasteiger partial charge in [0.2, 0.25) is 5.91 Å². The minimum Gasteiger partial charge on any atom is -0.496 e. The van der Waals surface area contributed by atoms with Crippen LogP contribution in [0.2, 0.25) is 0 Å². The Kier molecular flexibility index (Phi) is 7.41. The van der Waals surface area contributed by atoms with Crippen molar-refractivity contribution < 1.29 is 14.3 Å². The lowest BCUT2D eigenvalue weighted by Gasteiger charge is -2.21. The van der Waals surface area contributed by atoms with Crippen molar-refractivity contribution >= 4 is 11.8 Å². The van der Waals surface area contributed by atoms with Crippen molar-refractivity contribution in [2.45, 2.75) is 39.8 Å². The van der Waals surface area contributed by atoms with Gasteiger partial charge in [0.1, 0.15) is 11.8 Å². The van der Waals surface area contributed by atoms with Crippen molar-refractivity contribution in [2.75, 3.05) is 7.11 Å². The maximum atomic E-state index is 12.7. The van der Waals surface area contributed by atoms with E-state index in [2.05, 4.69) is 10.6 Å². The number of ether oxygens (including phenoxy) is 1. The number of carbonyl (C=O) groups excluding carboxylic acids is 2. The minimum absolute atomic E-state index is 0.198. The van der Waals surface area contributed by atoms with Gasteiger partial charge in [0.05, 0.1) is 7.11 Å². The summed E-state index contributed by atoms with van der Waals surface area (Å²) in [6.07, 6.45) is 0.565. The van der Waals surface area contributed by atoms with Crippen molar-refractivity contribution in [1.82, 2.24) is 10.6 Å². The SMILES string of the molecule is COc1ccccc1CNC(=O)[C@@H](CC(C)C)NC(=O)c1ccccc1C. The number of aryl methyl sites for hydroxylation is 1. The van der Waals surface area contributed by atoms with E-state index < -0.39 is 6.04 Å². The first kappa shape index (κ1) is 20.5. The zero-order valence-electron chi connectivity index (χ0n) is 16.4. The van der Waals surface area contributed by atoms with E-state index in [0.29, 0.717) is 18.5 Å². The van der Waals surface area contributed by atoms with Gasteiger partial charge in [-0.15, -0.1) is 0 Å². The lowest BCUT2D eigenvalue weighted by molar-refractivity contribution is -0.123. The van der Waals surface area contributed by atoms with E-state index in [9.17, 15) is 9.59 Å². The number of benzene rings is 2. The summed E-state index contributed by atoms with van der Waals surface area (Å²) in [4.78, 5) is 25.4. The van der Waals surface area contributed by atoms with Crippen LogP contribution in [0.5, 0.6) is 5.75 Å². The molecule has 0 radical (unpaired) electrons. The van der Waals surface area contributed by atoms with Gasteiger partial charge in [-0.3, -0.25) is 9.59 Å². The quantitative estimate of drug-likeness (QED) is 0.750. The first-order valence-electron chi connectivity index (χ1n) is 9.18. The third kappa shape index (κ3) is 5.84. The zero-order valence-corrected chi connectivity index (χ0v) is 16.4. The van der Waals surface area contributed by atoms with Crippen LogP contribution in [0.3, 0.4) is 0 Å². The molecule has 0 aliphatic carbocycles. The van der Waals surface area contributed by atoms with E-state index in [1.165, 1.54) is 0 Å². The Labute approximate surface area is 161 Å². The van der Waals surface area contributed by atoms with Crippen molar-refractivity contribution in [2.24, 2.45) is 5.92 Å². The molecule has 0 unspecified atom stereocenters. The zero-order chi connectivity index (χ0) is 19.8. The van der Waals surface area contributed by atoms with Gasteiger partial charge in [0.15, 0.2) is 0 Å². The van der Waals surface area contributed by atoms with Gasteiger partial charge < -0.3 is 15.4 Å². The van der Waals surface area contributed by atoms with Crippen LogP contribution in [0.15, 0.2) is 48.5 Å². The topological polar surface area (TPSA) is 67.4 Å². The highest BCUT2D eigenvalue weighted by Crippen LogP contribution is 2.17. The molecule has 5 nitrogen and oxygen atoms in total. The molecule has 0 aromatic heterocycles. The lowest BCUT2D eigenvalue weighted by atomic mass is 10.0. The number of nitrogens with one attached hydrogen (secondary N) is 2. The van der Waals surface area contributed by atoms with Crippen molar-refractivity contribution in [3.8, 4) is 5.75 Å². The van der Waals surface area contributed by atoms with Gasteiger partial charge in [-0.25, -0.2) is 0 Å². The highest BCUT2D eigenvalue weighted by Gasteiger charge is 2.23. The minimum atomic E-state index is -0.591. The first-order chi connectivity index (χ1) is 12.9. The first-order valence-corrected chi connectivity index (χ1v) is 9.18. The second-order valence-corrected chi connectivity index (χ2v) is 7.00. The van der Waals surface area contributed by atoms with Crippen LogP contribution >= 0.6 is 0 Å². The predicted molar refractivity (Wildman–Crippen MR) is 107 cm³/mol. The van der Waals surface area contributed by atoms with Gasteiger partial charge in [0.25, 0.3) is 5.91 Å². The Bertz CT molecular complexity index is 787. The second kappa shape index (κ2) is 9.76. The predicted octanol–water partition coefficient (Wildman–Crippen LogP) is 3.46. The summed E-state index contributed by atoms with van der Waals surface area (Å²) in [6, 6.07) is 14.3. The Morgan fingerprint density at radius 1 is 1.04 bits per heavy atom. The van der Waals surface area contributed by atoms with Gasteiger partial charge in [0, 0.05) is 17.7 Å². The second-order valence-electron chi connectivity index (χ2n) is 7.00. The van der Waals surface area contributed by atoms with Gasteiger partial charge in [-0.2, -0.15) is 0 Å². The fraction of sp³-hybridized carbons (Fsp3) is 0.364. The Balaban J connectivity index is 2.07. The molecule has 0 heterocycles. The fourth-order valence-corrected chi connectivity index (χ4v) is 2.92. The molecule has 2 rings (SSSR count). The van der Waals surface area contributed by atoms with Gasteiger partial charge >= 0.3 is 0 Å². The monoisotopic (exact) mass is 368 g/mol. The lowest BCUT2D eigenvalue weighted by Crippen LogP contribution is -2.47. The summed E-state index contributed by atoms with van der Waals surface area (Å²) in [5, 5.41) is 5.80. The molecule has 0 saturated heterocycles. The number of methoxy groups -OCH3 is 1. The Morgan fingerprint density at radius 3 is 2.37 bits per heavy atom. The van der Waals surface area contributed by atoms with Crippen LogP contribution in [0.4, 0.5) is 0 Å². The molecule has 0 saturated carbocycles. The molecule has 2 N–H and O–H groups in total. The smallest absolute Gasteiger partial charge is 0.252 e. The summed E-state index contributed by atoms with van der Waals surface area (Å²) in [6.45, 7) is 6.28. The number of hydrogen-bond acceptors (Lipinski definition) is 3. The van der Waals surface area contributed by atoms with E-state index in [0.717, 1.165) is 16.9 Å². The third-order valence-electron chi connectivity index (χ3n) is 4.36. The van der Waals surface area contributed by atoms with Crippen molar-refractivity contribution in [3.05, 3.63) is 65.2 Å². The van der Waals surface area contributed by atoms with Crippen LogP contribution < -0.4 is 15.4 Å². The third-order valence-corrected chi connectivity index (χ3v) is 4.36. The van der Waals surface area contributed by atoms with Crippen LogP contribution in [0.25, 0.3) is 0 Å². The van der Waals surface area contributed by atoms with Crippen molar-refractivity contribution in [1.29, 1.82) is 0 Å². The molecule has 2 aromatic carbocycles. The number of rotatable bonds is 8. The van der Waals surface area contributed by atoms with Crippen LogP contribution in [0.1, 0.15) is 41.8 Å². The maximum Gasteiger partial charge on any atom is 0.252 e. The Hall–Kier alpha value is -2.82. The summed E-state index contributed by atoms with van der Waals surface area (Å²) >= 11 is 0. The molecule has 0 spiro atoms. The summed E-state index contributed by atoms with van der Waals surface area (Å²) in [5.41, 5.74) is 2.36. The molecule has 0 aliphatic heterocycles. The van der Waals surface area contributed by atoms with E-state index in [-0.39, 0.29) is 17.7 Å². The van der Waals surface area contributed by atoms with Gasteiger partial charge in [-0.1, -0.05) is 50.2 Å². The maximum absolute atomic E-state index is 12.7. The van der Waals surface area contributed by atoms with Crippen LogP contribution in [-0.2, 0) is 11.3 Å². The van der Waals surface area contributed by atoms with Crippen LogP contribution in [-0.4, -0.2) is 25.0 Å². The average Bonchev–Trinajstić information content (AvgIpc) is 2.65. The van der Waals surface area contributed by atoms with Crippen LogP contribution in [0, 0.1) is 12.8 Å². The molecule has 0 aliphatic rings. The molecular weight excluding hydrogens is 340 g/mol. The molecule has 27 heavy (non-hydrogen) atoms. The molecule has 5 heteroatoms. The number of carbonyl (C=O) groups is 2. The van der Waals surface area contributed by atoms with Crippen molar-refractivity contribution in [3.63, 3.8) is 0 Å². The molecule has 1 atom stereocenters. The van der Waals surface area contributed by atoms with Gasteiger partial charge in [-0.05, 0) is 37.0 Å². The molecule has 0 fully saturated rings. The summed E-state index contributed by atoms with van der Waals surface area (Å²) < 4.78 is 5.32. The number of hydrogen-bond donors (Lipinski definition) is 2. The fourth-order valence-electron chi connectivity index (χ4n) is 2.92. The van der Waals surface area contributed by atoms with E-state index >= 15 is 0 Å². The number of para-hydroxylation sites is 1. The van der Waals surface area contributed by atoms with E-state index in [1.54, 1.807) is 13.2 Å². The van der Waals surface area contributed by atoms with E-state index in [4.69, 9.17) is 4.74 Å². The average molecular weight is 368 g/mol. The normalized spacial score (nSPS) is 11.7. The molecule has 144 valence electrons. The molecular formula is C22H28N2O3. The number of amides is 2. The standard InChI is InChI=1S/C22H28N2O3/c1-15(2)13-19(24-21(25)18-11-7-5-9-16(18)3)22(26)23-14-17-10-6-8-12-20(17)27-4/h5-12,15,19H,13-14H2,1-4H3,(H,23,26)(H,24,25)/t19-/m1/s1. The highest BCUT2D eigenvalue weighted by molar-refractivity contribution is 5.98. The molecule has 0 bridgehead atoms. The Morgan fingerprint density at radius 2 is 1.70 bits per heavy atom. The largest absolute Gasteiger partial charge is 0.496 e. The van der Waals surface area contributed by atoms with E-state index in [1.807, 2.05) is 63.2 Å². The summed E-state index contributed by atoms with van der Waals surface area (Å²) in [5.74, 6) is 0.564.